The van der Waals surface area contributed by atoms with Gasteiger partial charge >= 0.3 is 12.0 Å². The summed E-state index contributed by atoms with van der Waals surface area (Å²) in [6.45, 7) is 4.47. The molecule has 0 aromatic rings. The number of aliphatic carboxylic acids is 1. The Hall–Kier alpha value is -1.26. The molecule has 0 heterocycles. The summed E-state index contributed by atoms with van der Waals surface area (Å²) < 4.78 is 0. The van der Waals surface area contributed by atoms with Crippen LogP contribution in [0.15, 0.2) is 0 Å². The summed E-state index contributed by atoms with van der Waals surface area (Å²) in [5.41, 5.74) is 0. The van der Waals surface area contributed by atoms with Gasteiger partial charge in [0.05, 0.1) is 6.42 Å². The minimum atomic E-state index is -0.884. The first-order chi connectivity index (χ1) is 8.51. The number of hydrogen-bond donors (Lipinski definition) is 2. The summed E-state index contributed by atoms with van der Waals surface area (Å²) >= 11 is 0. The fourth-order valence-electron chi connectivity index (χ4n) is 1.74. The van der Waals surface area contributed by atoms with Crippen LogP contribution in [0.1, 0.15) is 52.4 Å². The van der Waals surface area contributed by atoms with E-state index in [1.54, 1.807) is 7.05 Å². The van der Waals surface area contributed by atoms with E-state index in [0.717, 1.165) is 32.1 Å². The van der Waals surface area contributed by atoms with Crippen LogP contribution in [0.4, 0.5) is 4.79 Å². The summed E-state index contributed by atoms with van der Waals surface area (Å²) in [5.74, 6) is -0.884. The van der Waals surface area contributed by atoms with E-state index in [0.29, 0.717) is 0 Å². The van der Waals surface area contributed by atoms with Crippen molar-refractivity contribution in [1.29, 1.82) is 0 Å². The highest BCUT2D eigenvalue weighted by Crippen LogP contribution is 2.07. The molecule has 0 aliphatic heterocycles. The van der Waals surface area contributed by atoms with E-state index in [-0.39, 0.29) is 25.0 Å². The lowest BCUT2D eigenvalue weighted by molar-refractivity contribution is -0.137. The SMILES string of the molecule is CCCCC(CCC)NC(=O)N(C)CCC(=O)O. The molecule has 0 saturated carbocycles. The predicted molar refractivity (Wildman–Crippen MR) is 71.6 cm³/mol. The van der Waals surface area contributed by atoms with Crippen molar-refractivity contribution in [1.82, 2.24) is 10.2 Å². The maximum atomic E-state index is 11.8. The average molecular weight is 258 g/mol. The Kier molecular flexibility index (Phi) is 9.06. The number of rotatable bonds is 9. The van der Waals surface area contributed by atoms with Gasteiger partial charge in [-0.2, -0.15) is 0 Å². The lowest BCUT2D eigenvalue weighted by Gasteiger charge is -2.23. The Balaban J connectivity index is 4.09. The number of carboxylic acid groups (broad SMARTS) is 1. The molecule has 0 aliphatic rings. The van der Waals surface area contributed by atoms with Gasteiger partial charge in [0.25, 0.3) is 0 Å². The van der Waals surface area contributed by atoms with E-state index in [1.165, 1.54) is 4.90 Å². The van der Waals surface area contributed by atoms with Crippen molar-refractivity contribution in [3.05, 3.63) is 0 Å². The number of amides is 2. The molecule has 5 nitrogen and oxygen atoms in total. The van der Waals surface area contributed by atoms with Crippen LogP contribution in [0.3, 0.4) is 0 Å². The summed E-state index contributed by atoms with van der Waals surface area (Å²) in [6.07, 6.45) is 5.20. The molecule has 0 rings (SSSR count). The van der Waals surface area contributed by atoms with Gasteiger partial charge in [0.1, 0.15) is 0 Å². The highest BCUT2D eigenvalue weighted by Gasteiger charge is 2.14. The molecule has 0 saturated heterocycles. The first kappa shape index (κ1) is 16.7. The number of urea groups is 1. The highest BCUT2D eigenvalue weighted by molar-refractivity contribution is 5.75. The standard InChI is InChI=1S/C13H26N2O3/c1-4-6-8-11(7-5-2)14-13(18)15(3)10-9-12(16)17/h11H,4-10H2,1-3H3,(H,14,18)(H,16,17). The molecule has 106 valence electrons. The van der Waals surface area contributed by atoms with Crippen LogP contribution in [0.25, 0.3) is 0 Å². The van der Waals surface area contributed by atoms with Crippen molar-refractivity contribution in [2.75, 3.05) is 13.6 Å². The quantitative estimate of drug-likeness (QED) is 0.667. The Labute approximate surface area is 110 Å². The van der Waals surface area contributed by atoms with Crippen LogP contribution < -0.4 is 5.32 Å². The topological polar surface area (TPSA) is 69.6 Å². The second-order valence-electron chi connectivity index (χ2n) is 4.64. The Bertz CT molecular complexity index is 257. The van der Waals surface area contributed by atoms with Gasteiger partial charge in [-0.05, 0) is 12.8 Å². The zero-order valence-electron chi connectivity index (χ0n) is 11.7. The van der Waals surface area contributed by atoms with E-state index in [9.17, 15) is 9.59 Å². The minimum absolute atomic E-state index is 0.0165. The Morgan fingerprint density at radius 3 is 2.39 bits per heavy atom. The molecular formula is C13H26N2O3. The van der Waals surface area contributed by atoms with Crippen LogP contribution in [-0.2, 0) is 4.79 Å². The molecular weight excluding hydrogens is 232 g/mol. The van der Waals surface area contributed by atoms with Gasteiger partial charge in [-0.15, -0.1) is 0 Å². The summed E-state index contributed by atoms with van der Waals surface area (Å²) in [7, 11) is 1.63. The van der Waals surface area contributed by atoms with Crippen LogP contribution in [0.2, 0.25) is 0 Å². The van der Waals surface area contributed by atoms with E-state index >= 15 is 0 Å². The van der Waals surface area contributed by atoms with Crippen LogP contribution in [0, 0.1) is 0 Å². The number of unbranched alkanes of at least 4 members (excludes halogenated alkanes) is 1. The van der Waals surface area contributed by atoms with E-state index in [1.807, 2.05) is 0 Å². The highest BCUT2D eigenvalue weighted by atomic mass is 16.4. The maximum absolute atomic E-state index is 11.8. The number of carbonyl (C=O) groups excluding carboxylic acids is 1. The molecule has 1 atom stereocenters. The van der Waals surface area contributed by atoms with E-state index in [4.69, 9.17) is 5.11 Å². The van der Waals surface area contributed by atoms with Gasteiger partial charge < -0.3 is 15.3 Å². The third-order valence-electron chi connectivity index (χ3n) is 2.88. The summed E-state index contributed by atoms with van der Waals surface area (Å²) in [5, 5.41) is 11.5. The zero-order valence-corrected chi connectivity index (χ0v) is 11.7. The summed E-state index contributed by atoms with van der Waals surface area (Å²) in [4.78, 5) is 23.7. The van der Waals surface area contributed by atoms with Crippen molar-refractivity contribution in [2.45, 2.75) is 58.4 Å². The van der Waals surface area contributed by atoms with Crippen molar-refractivity contribution < 1.29 is 14.7 Å². The largest absolute Gasteiger partial charge is 0.481 e. The van der Waals surface area contributed by atoms with Crippen molar-refractivity contribution in [3.63, 3.8) is 0 Å². The molecule has 0 spiro atoms. The van der Waals surface area contributed by atoms with Crippen LogP contribution >= 0.6 is 0 Å². The van der Waals surface area contributed by atoms with Gasteiger partial charge in [-0.25, -0.2) is 4.79 Å². The molecule has 2 amide bonds. The molecule has 0 radical (unpaired) electrons. The monoisotopic (exact) mass is 258 g/mol. The minimum Gasteiger partial charge on any atom is -0.481 e. The molecule has 5 heteroatoms. The average Bonchev–Trinajstić information content (AvgIpc) is 2.33. The third kappa shape index (κ3) is 7.92. The third-order valence-corrected chi connectivity index (χ3v) is 2.88. The molecule has 0 aliphatic carbocycles. The molecule has 0 fully saturated rings. The molecule has 2 N–H and O–H groups in total. The lowest BCUT2D eigenvalue weighted by atomic mass is 10.1. The van der Waals surface area contributed by atoms with Gasteiger partial charge in [0.15, 0.2) is 0 Å². The normalized spacial score (nSPS) is 11.9. The van der Waals surface area contributed by atoms with Gasteiger partial charge in [0, 0.05) is 19.6 Å². The van der Waals surface area contributed by atoms with Gasteiger partial charge in [-0.3, -0.25) is 4.79 Å². The number of nitrogens with one attached hydrogen (secondary N) is 1. The number of hydrogen-bond acceptors (Lipinski definition) is 2. The summed E-state index contributed by atoms with van der Waals surface area (Å²) in [6, 6.07) is 0.0283. The second kappa shape index (κ2) is 9.74. The van der Waals surface area contributed by atoms with Gasteiger partial charge in [0.2, 0.25) is 0 Å². The second-order valence-corrected chi connectivity index (χ2v) is 4.64. The van der Waals surface area contributed by atoms with Gasteiger partial charge in [-0.1, -0.05) is 33.1 Å². The number of carbonyl (C=O) groups is 2. The number of nitrogens with zero attached hydrogens (tertiary/aromatic N) is 1. The molecule has 1 unspecified atom stereocenters. The first-order valence-corrected chi connectivity index (χ1v) is 6.74. The number of carboxylic acids is 1. The van der Waals surface area contributed by atoms with Crippen LogP contribution in [-0.4, -0.2) is 41.6 Å². The molecule has 0 bridgehead atoms. The van der Waals surface area contributed by atoms with E-state index < -0.39 is 5.97 Å². The van der Waals surface area contributed by atoms with Crippen LogP contribution in [0.5, 0.6) is 0 Å². The fraction of sp³-hybridized carbons (Fsp3) is 0.846. The molecule has 0 aromatic heterocycles. The van der Waals surface area contributed by atoms with Crippen molar-refractivity contribution in [2.24, 2.45) is 0 Å². The van der Waals surface area contributed by atoms with Crippen molar-refractivity contribution in [3.8, 4) is 0 Å². The first-order valence-electron chi connectivity index (χ1n) is 6.74. The van der Waals surface area contributed by atoms with Crippen molar-refractivity contribution >= 4 is 12.0 Å². The zero-order chi connectivity index (χ0) is 14.0. The smallest absolute Gasteiger partial charge is 0.317 e. The Morgan fingerprint density at radius 2 is 1.89 bits per heavy atom. The molecule has 0 aromatic carbocycles. The Morgan fingerprint density at radius 1 is 1.22 bits per heavy atom. The van der Waals surface area contributed by atoms with E-state index in [2.05, 4.69) is 19.2 Å². The lowest BCUT2D eigenvalue weighted by Crippen LogP contribution is -2.43. The fourth-order valence-corrected chi connectivity index (χ4v) is 1.74. The maximum Gasteiger partial charge on any atom is 0.317 e. The predicted octanol–water partition coefficient (Wildman–Crippen LogP) is 2.46. The molecule has 18 heavy (non-hydrogen) atoms.